The fraction of sp³-hybridized carbons (Fsp3) is 0.429. The summed E-state index contributed by atoms with van der Waals surface area (Å²) >= 11 is 0. The van der Waals surface area contributed by atoms with Crippen LogP contribution in [0.25, 0.3) is 0 Å². The van der Waals surface area contributed by atoms with Gasteiger partial charge in [-0.25, -0.2) is 0 Å². The summed E-state index contributed by atoms with van der Waals surface area (Å²) in [6.07, 6.45) is 6.03. The largest absolute Gasteiger partial charge is 0.399 e. The van der Waals surface area contributed by atoms with Crippen LogP contribution in [0.3, 0.4) is 0 Å². The van der Waals surface area contributed by atoms with Gasteiger partial charge < -0.3 is 10.2 Å². The minimum Gasteiger partial charge on any atom is -0.399 e. The number of terminal acetylenes is 1. The van der Waals surface area contributed by atoms with Crippen molar-refractivity contribution in [2.75, 3.05) is 7.11 Å². The third-order valence-corrected chi connectivity index (χ3v) is 0.884. The molecule has 60 valence electrons. The molecule has 0 rings (SSSR count). The Morgan fingerprint density at radius 1 is 1.91 bits per heavy atom. The molecule has 1 N–H and O–H groups in total. The lowest BCUT2D eigenvalue weighted by Crippen LogP contribution is -2.32. The highest BCUT2D eigenvalue weighted by molar-refractivity contribution is 6.26. The van der Waals surface area contributed by atoms with Crippen molar-refractivity contribution < 1.29 is 9.63 Å². The number of oxime groups is 1. The summed E-state index contributed by atoms with van der Waals surface area (Å²) in [6.45, 7) is 1.69. The van der Waals surface area contributed by atoms with E-state index in [1.165, 1.54) is 7.11 Å². The third-order valence-electron chi connectivity index (χ3n) is 0.884. The van der Waals surface area contributed by atoms with Crippen LogP contribution >= 0.6 is 0 Å². The summed E-state index contributed by atoms with van der Waals surface area (Å²) in [5, 5.41) is 5.71. The van der Waals surface area contributed by atoms with Crippen LogP contribution in [0.4, 0.5) is 0 Å². The fourth-order valence-corrected chi connectivity index (χ4v) is 0.393. The van der Waals surface area contributed by atoms with Crippen molar-refractivity contribution in [3.05, 3.63) is 0 Å². The predicted molar refractivity (Wildman–Crippen MR) is 41.9 cm³/mol. The van der Waals surface area contributed by atoms with Crippen molar-refractivity contribution in [1.82, 2.24) is 5.32 Å². The Labute approximate surface area is 65.6 Å². The summed E-state index contributed by atoms with van der Waals surface area (Å²) < 4.78 is 0. The van der Waals surface area contributed by atoms with Crippen molar-refractivity contribution >= 4 is 12.1 Å². The van der Waals surface area contributed by atoms with Gasteiger partial charge in [-0.05, 0) is 6.92 Å². The van der Waals surface area contributed by atoms with E-state index in [4.69, 9.17) is 6.42 Å². The second kappa shape index (κ2) is 5.30. The number of nitrogens with zero attached hydrogens (tertiary/aromatic N) is 1. The van der Waals surface area contributed by atoms with E-state index in [9.17, 15) is 4.79 Å². The minimum absolute atomic E-state index is 0.286. The third kappa shape index (κ3) is 4.97. The first-order chi connectivity index (χ1) is 5.20. The molecule has 4 nitrogen and oxygen atoms in total. The SMILES string of the molecule is C#CC(C)NC(=O)/C=N/OC. The van der Waals surface area contributed by atoms with Crippen molar-refractivity contribution in [3.63, 3.8) is 0 Å². The number of rotatable bonds is 3. The van der Waals surface area contributed by atoms with E-state index in [2.05, 4.69) is 21.2 Å². The van der Waals surface area contributed by atoms with Gasteiger partial charge in [0.05, 0.1) is 6.04 Å². The van der Waals surface area contributed by atoms with Gasteiger partial charge in [-0.15, -0.1) is 6.42 Å². The first-order valence-corrected chi connectivity index (χ1v) is 3.04. The van der Waals surface area contributed by atoms with Crippen LogP contribution in [0.1, 0.15) is 6.92 Å². The van der Waals surface area contributed by atoms with Crippen molar-refractivity contribution in [2.24, 2.45) is 5.16 Å². The molecule has 0 aliphatic heterocycles. The molecule has 1 unspecified atom stereocenters. The molecule has 0 fully saturated rings. The molecule has 0 bridgehead atoms. The maximum Gasteiger partial charge on any atom is 0.266 e. The highest BCUT2D eigenvalue weighted by atomic mass is 16.6. The smallest absolute Gasteiger partial charge is 0.266 e. The first-order valence-electron chi connectivity index (χ1n) is 3.04. The van der Waals surface area contributed by atoms with Crippen molar-refractivity contribution in [2.45, 2.75) is 13.0 Å². The van der Waals surface area contributed by atoms with E-state index < -0.39 is 0 Å². The quantitative estimate of drug-likeness (QED) is 0.346. The normalized spacial score (nSPS) is 12.1. The molecule has 0 spiro atoms. The monoisotopic (exact) mass is 154 g/mol. The van der Waals surface area contributed by atoms with Crippen molar-refractivity contribution in [1.29, 1.82) is 0 Å². The van der Waals surface area contributed by atoms with Crippen molar-refractivity contribution in [3.8, 4) is 12.3 Å². The lowest BCUT2D eigenvalue weighted by Gasteiger charge is -2.02. The summed E-state index contributed by atoms with van der Waals surface area (Å²) in [7, 11) is 1.36. The van der Waals surface area contributed by atoms with E-state index in [0.717, 1.165) is 6.21 Å². The van der Waals surface area contributed by atoms with Crippen LogP contribution in [0, 0.1) is 12.3 Å². The maximum absolute atomic E-state index is 10.7. The number of nitrogens with one attached hydrogen (secondary N) is 1. The molecule has 0 aromatic carbocycles. The van der Waals surface area contributed by atoms with Gasteiger partial charge in [-0.2, -0.15) is 0 Å². The molecule has 0 heterocycles. The molecule has 1 amide bonds. The Kier molecular flexibility index (Phi) is 4.58. The lowest BCUT2D eigenvalue weighted by molar-refractivity contribution is -0.114. The molecule has 0 saturated heterocycles. The van der Waals surface area contributed by atoms with Gasteiger partial charge in [0.15, 0.2) is 0 Å². The average molecular weight is 154 g/mol. The Balaban J connectivity index is 3.71. The van der Waals surface area contributed by atoms with Crippen LogP contribution in [0.5, 0.6) is 0 Å². The van der Waals surface area contributed by atoms with Gasteiger partial charge in [-0.3, -0.25) is 4.79 Å². The topological polar surface area (TPSA) is 50.7 Å². The first kappa shape index (κ1) is 9.50. The Bertz CT molecular complexity index is 193. The van der Waals surface area contributed by atoms with Crippen LogP contribution in [-0.4, -0.2) is 25.3 Å². The van der Waals surface area contributed by atoms with E-state index in [1.807, 2.05) is 0 Å². The predicted octanol–water partition coefficient (Wildman–Crippen LogP) is -0.244. The number of amides is 1. The fourth-order valence-electron chi connectivity index (χ4n) is 0.393. The Morgan fingerprint density at radius 2 is 2.55 bits per heavy atom. The zero-order valence-electron chi connectivity index (χ0n) is 6.50. The minimum atomic E-state index is -0.364. The molecule has 11 heavy (non-hydrogen) atoms. The Morgan fingerprint density at radius 3 is 3.00 bits per heavy atom. The molecule has 4 heteroatoms. The standard InChI is InChI=1S/C7H10N2O2/c1-4-6(2)9-7(10)5-8-11-3/h1,5-6H,2-3H3,(H,9,10)/b8-5+. The summed E-state index contributed by atoms with van der Waals surface area (Å²) in [6, 6.07) is -0.286. The van der Waals surface area contributed by atoms with E-state index in [0.29, 0.717) is 0 Å². The summed E-state index contributed by atoms with van der Waals surface area (Å²) in [5.74, 6) is 1.97. The maximum atomic E-state index is 10.7. The molecule has 0 aliphatic rings. The number of hydrogen-bond acceptors (Lipinski definition) is 3. The van der Waals surface area contributed by atoms with E-state index in [1.54, 1.807) is 6.92 Å². The van der Waals surface area contributed by atoms with Gasteiger partial charge in [0.1, 0.15) is 13.3 Å². The molecular weight excluding hydrogens is 144 g/mol. The highest BCUT2D eigenvalue weighted by Crippen LogP contribution is 1.75. The highest BCUT2D eigenvalue weighted by Gasteiger charge is 1.99. The zero-order valence-corrected chi connectivity index (χ0v) is 6.50. The van der Waals surface area contributed by atoms with Gasteiger partial charge in [0, 0.05) is 0 Å². The van der Waals surface area contributed by atoms with Gasteiger partial charge >= 0.3 is 0 Å². The lowest BCUT2D eigenvalue weighted by atomic mass is 10.3. The van der Waals surface area contributed by atoms with Gasteiger partial charge in [-0.1, -0.05) is 11.1 Å². The second-order valence-electron chi connectivity index (χ2n) is 1.81. The number of carbonyl (C=O) groups is 1. The zero-order chi connectivity index (χ0) is 8.69. The number of hydrogen-bond donors (Lipinski definition) is 1. The molecule has 0 saturated carbocycles. The van der Waals surface area contributed by atoms with E-state index in [-0.39, 0.29) is 11.9 Å². The molecule has 1 atom stereocenters. The van der Waals surface area contributed by atoms with E-state index >= 15 is 0 Å². The van der Waals surface area contributed by atoms with Crippen LogP contribution in [0.2, 0.25) is 0 Å². The average Bonchev–Trinajstić information content (AvgIpc) is 2.00. The second-order valence-corrected chi connectivity index (χ2v) is 1.81. The van der Waals surface area contributed by atoms with Gasteiger partial charge in [0.25, 0.3) is 5.91 Å². The molecule has 0 aliphatic carbocycles. The molecule has 0 aromatic heterocycles. The van der Waals surface area contributed by atoms with Crippen LogP contribution in [-0.2, 0) is 9.63 Å². The summed E-state index contributed by atoms with van der Waals surface area (Å²) in [5.41, 5.74) is 0. The van der Waals surface area contributed by atoms with Gasteiger partial charge in [0.2, 0.25) is 0 Å². The molecule has 0 aromatic rings. The summed E-state index contributed by atoms with van der Waals surface area (Å²) in [4.78, 5) is 15.0. The van der Waals surface area contributed by atoms with Crippen LogP contribution < -0.4 is 5.32 Å². The number of carbonyl (C=O) groups excluding carboxylic acids is 1. The molecular formula is C7H10N2O2. The molecule has 0 radical (unpaired) electrons. The Hall–Kier alpha value is -1.50. The van der Waals surface area contributed by atoms with Crippen LogP contribution in [0.15, 0.2) is 5.16 Å².